The molecule has 3 N–H and O–H groups in total. The van der Waals surface area contributed by atoms with Crippen LogP contribution in [0.4, 0.5) is 0 Å². The quantitative estimate of drug-likeness (QED) is 0.707. The topological polar surface area (TPSA) is 95.1 Å². The van der Waals surface area contributed by atoms with Gasteiger partial charge in [-0.15, -0.1) is 0 Å². The Labute approximate surface area is 119 Å². The summed E-state index contributed by atoms with van der Waals surface area (Å²) in [5.74, 6) is -1.04. The van der Waals surface area contributed by atoms with Gasteiger partial charge in [-0.05, 0) is 26.7 Å². The Hall–Kier alpha value is -1.85. The average Bonchev–Trinajstić information content (AvgIpc) is 2.72. The fraction of sp³-hybridized carbons (Fsp3) is 0.643. The first-order valence-electron chi connectivity index (χ1n) is 6.86. The second-order valence-corrected chi connectivity index (χ2v) is 5.16. The molecule has 6 heteroatoms. The number of H-pyrrole nitrogens is 1. The molecular weight excluding hydrogens is 258 g/mol. The van der Waals surface area contributed by atoms with Crippen LogP contribution >= 0.6 is 0 Å². The normalized spacial score (nSPS) is 11.4. The van der Waals surface area contributed by atoms with Crippen LogP contribution in [0.5, 0.6) is 0 Å². The standard InChI is InChI=1S/C14H23N3O3/c1-5-14(6-2,13(19)20)8-15-12(18)7-11-9(3)16-17-10(11)4/h5-8H2,1-4H3,(H,15,18)(H,16,17)(H,19,20). The van der Waals surface area contributed by atoms with Gasteiger partial charge in [0.15, 0.2) is 0 Å². The van der Waals surface area contributed by atoms with E-state index in [-0.39, 0.29) is 18.9 Å². The van der Waals surface area contributed by atoms with Gasteiger partial charge in [-0.1, -0.05) is 13.8 Å². The molecule has 0 aliphatic carbocycles. The summed E-state index contributed by atoms with van der Waals surface area (Å²) >= 11 is 0. The maximum atomic E-state index is 12.0. The summed E-state index contributed by atoms with van der Waals surface area (Å²) in [6.45, 7) is 7.51. The van der Waals surface area contributed by atoms with Crippen molar-refractivity contribution in [2.45, 2.75) is 47.0 Å². The Bertz CT molecular complexity index is 470. The molecule has 1 aromatic heterocycles. The van der Waals surface area contributed by atoms with Gasteiger partial charge in [-0.3, -0.25) is 14.7 Å². The van der Waals surface area contributed by atoms with E-state index in [1.54, 1.807) is 0 Å². The molecule has 0 aromatic carbocycles. The van der Waals surface area contributed by atoms with E-state index >= 15 is 0 Å². The van der Waals surface area contributed by atoms with Crippen molar-refractivity contribution in [3.63, 3.8) is 0 Å². The van der Waals surface area contributed by atoms with E-state index in [1.165, 1.54) is 0 Å². The number of nitrogens with one attached hydrogen (secondary N) is 2. The Balaban J connectivity index is 2.66. The lowest BCUT2D eigenvalue weighted by Gasteiger charge is -2.26. The molecule has 0 aliphatic heterocycles. The summed E-state index contributed by atoms with van der Waals surface area (Å²) in [5, 5.41) is 18.9. The highest BCUT2D eigenvalue weighted by atomic mass is 16.4. The predicted molar refractivity (Wildman–Crippen MR) is 75.4 cm³/mol. The Kier molecular flexibility index (Phi) is 5.30. The van der Waals surface area contributed by atoms with Gasteiger partial charge in [0.25, 0.3) is 0 Å². The van der Waals surface area contributed by atoms with Crippen LogP contribution in [0.25, 0.3) is 0 Å². The van der Waals surface area contributed by atoms with E-state index in [4.69, 9.17) is 0 Å². The highest BCUT2D eigenvalue weighted by Gasteiger charge is 2.35. The van der Waals surface area contributed by atoms with Crippen LogP contribution in [0.1, 0.15) is 43.6 Å². The smallest absolute Gasteiger partial charge is 0.311 e. The number of aryl methyl sites for hydroxylation is 2. The van der Waals surface area contributed by atoms with Crippen molar-refractivity contribution in [3.05, 3.63) is 17.0 Å². The van der Waals surface area contributed by atoms with Crippen LogP contribution < -0.4 is 5.32 Å². The monoisotopic (exact) mass is 281 g/mol. The molecule has 6 nitrogen and oxygen atoms in total. The zero-order valence-corrected chi connectivity index (χ0v) is 12.5. The molecule has 1 amide bonds. The summed E-state index contributed by atoms with van der Waals surface area (Å²) in [6.07, 6.45) is 1.20. The van der Waals surface area contributed by atoms with Crippen LogP contribution in [0.3, 0.4) is 0 Å². The lowest BCUT2D eigenvalue weighted by atomic mass is 9.82. The summed E-state index contributed by atoms with van der Waals surface area (Å²) in [6, 6.07) is 0. The molecule has 1 rings (SSSR count). The lowest BCUT2D eigenvalue weighted by Crippen LogP contribution is -2.42. The minimum atomic E-state index is -0.879. The number of carboxylic acid groups (broad SMARTS) is 1. The molecule has 0 fully saturated rings. The molecule has 0 spiro atoms. The number of nitrogens with zero attached hydrogens (tertiary/aromatic N) is 1. The number of aliphatic carboxylic acids is 1. The van der Waals surface area contributed by atoms with Gasteiger partial charge in [0.2, 0.25) is 5.91 Å². The van der Waals surface area contributed by atoms with Crippen molar-refractivity contribution in [1.29, 1.82) is 0 Å². The molecule has 112 valence electrons. The third-order valence-corrected chi connectivity index (χ3v) is 4.05. The van der Waals surface area contributed by atoms with E-state index in [0.29, 0.717) is 12.8 Å². The fourth-order valence-corrected chi connectivity index (χ4v) is 2.20. The molecule has 0 atom stereocenters. The first-order valence-corrected chi connectivity index (χ1v) is 6.86. The van der Waals surface area contributed by atoms with E-state index in [1.807, 2.05) is 27.7 Å². The number of rotatable bonds is 7. The van der Waals surface area contributed by atoms with E-state index in [0.717, 1.165) is 17.0 Å². The van der Waals surface area contributed by atoms with Gasteiger partial charge in [0.1, 0.15) is 0 Å². The molecule has 1 aromatic rings. The lowest BCUT2D eigenvalue weighted by molar-refractivity contribution is -0.149. The highest BCUT2D eigenvalue weighted by molar-refractivity contribution is 5.81. The van der Waals surface area contributed by atoms with Gasteiger partial charge in [-0.2, -0.15) is 5.10 Å². The number of aromatic amines is 1. The number of carbonyl (C=O) groups is 2. The molecule has 0 saturated carbocycles. The van der Waals surface area contributed by atoms with Crippen LogP contribution in [0, 0.1) is 19.3 Å². The van der Waals surface area contributed by atoms with Gasteiger partial charge >= 0.3 is 5.97 Å². The van der Waals surface area contributed by atoms with Crippen molar-refractivity contribution >= 4 is 11.9 Å². The summed E-state index contributed by atoms with van der Waals surface area (Å²) in [7, 11) is 0. The number of carboxylic acids is 1. The third-order valence-electron chi connectivity index (χ3n) is 4.05. The highest BCUT2D eigenvalue weighted by Crippen LogP contribution is 2.25. The Morgan fingerprint density at radius 3 is 2.30 bits per heavy atom. The maximum Gasteiger partial charge on any atom is 0.311 e. The molecule has 20 heavy (non-hydrogen) atoms. The first-order chi connectivity index (χ1) is 9.36. The van der Waals surface area contributed by atoms with Crippen LogP contribution in [-0.4, -0.2) is 33.7 Å². The second-order valence-electron chi connectivity index (χ2n) is 5.16. The zero-order valence-electron chi connectivity index (χ0n) is 12.5. The summed E-state index contributed by atoms with van der Waals surface area (Å²) in [4.78, 5) is 23.3. The van der Waals surface area contributed by atoms with Gasteiger partial charge in [0.05, 0.1) is 17.5 Å². The van der Waals surface area contributed by atoms with Crippen molar-refractivity contribution < 1.29 is 14.7 Å². The van der Waals surface area contributed by atoms with Crippen LogP contribution in [0.15, 0.2) is 0 Å². The van der Waals surface area contributed by atoms with Crippen molar-refractivity contribution in [2.75, 3.05) is 6.54 Å². The summed E-state index contributed by atoms with van der Waals surface area (Å²) in [5.41, 5.74) is 1.66. The molecule has 0 bridgehead atoms. The van der Waals surface area contributed by atoms with E-state index in [2.05, 4.69) is 15.5 Å². The number of aromatic nitrogens is 2. The number of carbonyl (C=O) groups excluding carboxylic acids is 1. The number of hydrogen-bond acceptors (Lipinski definition) is 3. The summed E-state index contributed by atoms with van der Waals surface area (Å²) < 4.78 is 0. The molecule has 1 heterocycles. The Morgan fingerprint density at radius 1 is 1.30 bits per heavy atom. The minimum absolute atomic E-state index is 0.157. The molecule has 0 unspecified atom stereocenters. The van der Waals surface area contributed by atoms with E-state index < -0.39 is 11.4 Å². The molecular formula is C14H23N3O3. The molecule has 0 aliphatic rings. The van der Waals surface area contributed by atoms with Crippen molar-refractivity contribution in [2.24, 2.45) is 5.41 Å². The van der Waals surface area contributed by atoms with Crippen LogP contribution in [0.2, 0.25) is 0 Å². The molecule has 0 saturated heterocycles. The zero-order chi connectivity index (χ0) is 15.3. The maximum absolute atomic E-state index is 12.0. The minimum Gasteiger partial charge on any atom is -0.481 e. The second kappa shape index (κ2) is 6.54. The van der Waals surface area contributed by atoms with Crippen LogP contribution in [-0.2, 0) is 16.0 Å². The van der Waals surface area contributed by atoms with Crippen molar-refractivity contribution in [1.82, 2.24) is 15.5 Å². The SMILES string of the molecule is CCC(CC)(CNC(=O)Cc1c(C)n[nH]c1C)C(=O)O. The molecule has 0 radical (unpaired) electrons. The average molecular weight is 281 g/mol. The van der Waals surface area contributed by atoms with Gasteiger partial charge in [0, 0.05) is 17.8 Å². The first kappa shape index (κ1) is 16.2. The largest absolute Gasteiger partial charge is 0.481 e. The number of hydrogen-bond donors (Lipinski definition) is 3. The van der Waals surface area contributed by atoms with Gasteiger partial charge in [-0.25, -0.2) is 0 Å². The third kappa shape index (κ3) is 3.37. The van der Waals surface area contributed by atoms with E-state index in [9.17, 15) is 14.7 Å². The Morgan fingerprint density at radius 2 is 1.90 bits per heavy atom. The van der Waals surface area contributed by atoms with Gasteiger partial charge < -0.3 is 10.4 Å². The van der Waals surface area contributed by atoms with Crippen molar-refractivity contribution in [3.8, 4) is 0 Å². The predicted octanol–water partition coefficient (Wildman–Crippen LogP) is 1.58. The fourth-order valence-electron chi connectivity index (χ4n) is 2.20. The number of amides is 1.